The molecule has 0 saturated carbocycles. The molecule has 2 atom stereocenters. The van der Waals surface area contributed by atoms with Gasteiger partial charge in [0.05, 0.1) is 12.5 Å². The van der Waals surface area contributed by atoms with Gasteiger partial charge in [-0.05, 0) is 31.6 Å². The van der Waals surface area contributed by atoms with Crippen molar-refractivity contribution in [2.75, 3.05) is 6.61 Å². The van der Waals surface area contributed by atoms with Gasteiger partial charge in [0.15, 0.2) is 0 Å². The fourth-order valence-electron chi connectivity index (χ4n) is 2.13. The van der Waals surface area contributed by atoms with Gasteiger partial charge in [0.1, 0.15) is 5.60 Å². The molecule has 0 aromatic carbocycles. The van der Waals surface area contributed by atoms with Crippen LogP contribution in [0.4, 0.5) is 0 Å². The fraction of sp³-hybridized carbons (Fsp3) is 0.857. The molecular weight excluding hydrogens is 244 g/mol. The summed E-state index contributed by atoms with van der Waals surface area (Å²) in [5.41, 5.74) is -0.632. The number of hydrogen-bond donors (Lipinski definition) is 1. The van der Waals surface area contributed by atoms with Crippen molar-refractivity contribution in [1.82, 2.24) is 10.1 Å². The van der Waals surface area contributed by atoms with Crippen LogP contribution in [0.25, 0.3) is 0 Å². The molecule has 2 unspecified atom stereocenters. The van der Waals surface area contributed by atoms with Crippen molar-refractivity contribution in [3.63, 3.8) is 0 Å². The number of rotatable bonds is 3. The quantitative estimate of drug-likeness (QED) is 0.911. The van der Waals surface area contributed by atoms with Crippen molar-refractivity contribution in [2.45, 2.75) is 65.1 Å². The van der Waals surface area contributed by atoms with Crippen LogP contribution in [-0.2, 0) is 16.8 Å². The second-order valence-electron chi connectivity index (χ2n) is 6.63. The third-order valence-corrected chi connectivity index (χ3v) is 3.78. The average Bonchev–Trinajstić information content (AvgIpc) is 2.78. The van der Waals surface area contributed by atoms with Gasteiger partial charge in [-0.2, -0.15) is 4.98 Å². The molecule has 5 nitrogen and oxygen atoms in total. The minimum absolute atomic E-state index is 0.195. The van der Waals surface area contributed by atoms with Crippen molar-refractivity contribution in [3.05, 3.63) is 11.7 Å². The summed E-state index contributed by atoms with van der Waals surface area (Å²) < 4.78 is 11.0. The predicted octanol–water partition coefficient (Wildman–Crippen LogP) is 2.43. The summed E-state index contributed by atoms with van der Waals surface area (Å²) in [5.74, 6) is 1.08. The van der Waals surface area contributed by atoms with Gasteiger partial charge in [0.25, 0.3) is 0 Å². The van der Waals surface area contributed by atoms with Crippen molar-refractivity contribution in [3.8, 4) is 0 Å². The van der Waals surface area contributed by atoms with Gasteiger partial charge in [0, 0.05) is 6.61 Å². The monoisotopic (exact) mass is 268 g/mol. The zero-order chi connectivity index (χ0) is 14.1. The normalized spacial score (nSPS) is 26.4. The maximum absolute atomic E-state index is 10.1. The van der Waals surface area contributed by atoms with Crippen LogP contribution >= 0.6 is 0 Å². The summed E-state index contributed by atoms with van der Waals surface area (Å²) in [6, 6.07) is 0. The molecular formula is C14H24N2O3. The first-order valence-corrected chi connectivity index (χ1v) is 6.96. The van der Waals surface area contributed by atoms with Gasteiger partial charge in [-0.1, -0.05) is 25.9 Å². The highest BCUT2D eigenvalue weighted by atomic mass is 16.5. The topological polar surface area (TPSA) is 68.4 Å². The fourth-order valence-corrected chi connectivity index (χ4v) is 2.13. The number of ether oxygens (including phenoxy) is 1. The standard InChI is InChI=1S/C14H24N2O3/c1-13(2,3)10(17)9-11-15-12(16-19-11)14(4)7-5-6-8-18-14/h10,17H,5-9H2,1-4H3. The average molecular weight is 268 g/mol. The maximum atomic E-state index is 10.1. The molecule has 5 heteroatoms. The molecule has 0 spiro atoms. The largest absolute Gasteiger partial charge is 0.392 e. The van der Waals surface area contributed by atoms with E-state index in [1.807, 2.05) is 27.7 Å². The zero-order valence-corrected chi connectivity index (χ0v) is 12.3. The van der Waals surface area contributed by atoms with E-state index in [9.17, 15) is 5.11 Å². The Kier molecular flexibility index (Phi) is 3.97. The number of hydrogen-bond acceptors (Lipinski definition) is 5. The summed E-state index contributed by atoms with van der Waals surface area (Å²) in [6.45, 7) is 8.70. The van der Waals surface area contributed by atoms with Crippen LogP contribution < -0.4 is 0 Å². The summed E-state index contributed by atoms with van der Waals surface area (Å²) in [6.07, 6.45) is 3.00. The van der Waals surface area contributed by atoms with Crippen molar-refractivity contribution in [2.24, 2.45) is 5.41 Å². The van der Waals surface area contributed by atoms with Crippen LogP contribution in [0, 0.1) is 5.41 Å². The maximum Gasteiger partial charge on any atom is 0.229 e. The van der Waals surface area contributed by atoms with E-state index in [4.69, 9.17) is 9.26 Å². The van der Waals surface area contributed by atoms with Crippen molar-refractivity contribution < 1.29 is 14.4 Å². The molecule has 0 bridgehead atoms. The smallest absolute Gasteiger partial charge is 0.229 e. The van der Waals surface area contributed by atoms with E-state index in [2.05, 4.69) is 10.1 Å². The molecule has 1 aliphatic rings. The third-order valence-electron chi connectivity index (χ3n) is 3.78. The van der Waals surface area contributed by atoms with Crippen molar-refractivity contribution in [1.29, 1.82) is 0 Å². The van der Waals surface area contributed by atoms with Gasteiger partial charge in [-0.15, -0.1) is 0 Å². The lowest BCUT2D eigenvalue weighted by Gasteiger charge is -2.30. The molecule has 0 amide bonds. The molecule has 0 radical (unpaired) electrons. The number of nitrogens with zero attached hydrogens (tertiary/aromatic N) is 2. The van der Waals surface area contributed by atoms with E-state index in [1.54, 1.807) is 0 Å². The van der Waals surface area contributed by atoms with Gasteiger partial charge in [-0.3, -0.25) is 0 Å². The Labute approximate surface area is 114 Å². The number of aliphatic hydroxyl groups excluding tert-OH is 1. The van der Waals surface area contributed by atoms with Crippen LogP contribution in [0.5, 0.6) is 0 Å². The van der Waals surface area contributed by atoms with E-state index in [0.29, 0.717) is 18.1 Å². The molecule has 108 valence electrons. The van der Waals surface area contributed by atoms with E-state index in [1.165, 1.54) is 0 Å². The predicted molar refractivity (Wildman–Crippen MR) is 70.6 cm³/mol. The Morgan fingerprint density at radius 1 is 1.37 bits per heavy atom. The molecule has 1 N–H and O–H groups in total. The second-order valence-corrected chi connectivity index (χ2v) is 6.63. The first kappa shape index (κ1) is 14.5. The molecule has 1 aromatic heterocycles. The van der Waals surface area contributed by atoms with Crippen molar-refractivity contribution >= 4 is 0 Å². The van der Waals surface area contributed by atoms with Crippen LogP contribution in [-0.4, -0.2) is 28.0 Å². The van der Waals surface area contributed by atoms with Gasteiger partial charge in [0.2, 0.25) is 11.7 Å². The Balaban J connectivity index is 2.06. The minimum atomic E-state index is -0.499. The Morgan fingerprint density at radius 3 is 2.68 bits per heavy atom. The lowest BCUT2D eigenvalue weighted by Crippen LogP contribution is -2.31. The summed E-state index contributed by atoms with van der Waals surface area (Å²) in [7, 11) is 0. The molecule has 2 heterocycles. The highest BCUT2D eigenvalue weighted by Gasteiger charge is 2.35. The summed E-state index contributed by atoms with van der Waals surface area (Å²) >= 11 is 0. The van der Waals surface area contributed by atoms with Gasteiger partial charge >= 0.3 is 0 Å². The Morgan fingerprint density at radius 2 is 2.11 bits per heavy atom. The molecule has 2 rings (SSSR count). The number of aliphatic hydroxyl groups is 1. The zero-order valence-electron chi connectivity index (χ0n) is 12.3. The molecule has 1 aromatic rings. The molecule has 1 saturated heterocycles. The van der Waals surface area contributed by atoms with E-state index in [0.717, 1.165) is 25.9 Å². The summed E-state index contributed by atoms with van der Waals surface area (Å²) in [5, 5.41) is 14.1. The van der Waals surface area contributed by atoms with Crippen LogP contribution in [0.1, 0.15) is 58.7 Å². The highest BCUT2D eigenvalue weighted by molar-refractivity contribution is 5.01. The highest BCUT2D eigenvalue weighted by Crippen LogP contribution is 2.33. The number of aromatic nitrogens is 2. The molecule has 0 aliphatic carbocycles. The summed E-state index contributed by atoms with van der Waals surface area (Å²) in [4.78, 5) is 4.40. The lowest BCUT2D eigenvalue weighted by atomic mass is 9.87. The van der Waals surface area contributed by atoms with Gasteiger partial charge in [-0.25, -0.2) is 0 Å². The first-order valence-electron chi connectivity index (χ1n) is 6.96. The Bertz CT molecular complexity index is 417. The molecule has 19 heavy (non-hydrogen) atoms. The van der Waals surface area contributed by atoms with Crippen LogP contribution in [0.2, 0.25) is 0 Å². The second kappa shape index (κ2) is 5.21. The van der Waals surface area contributed by atoms with E-state index < -0.39 is 11.7 Å². The Hall–Kier alpha value is -0.940. The first-order chi connectivity index (χ1) is 8.81. The SMILES string of the molecule is CC1(c2noc(CC(O)C(C)(C)C)n2)CCCCO1. The third kappa shape index (κ3) is 3.34. The molecule has 1 fully saturated rings. The van der Waals surface area contributed by atoms with Gasteiger partial charge < -0.3 is 14.4 Å². The van der Waals surface area contributed by atoms with E-state index >= 15 is 0 Å². The van der Waals surface area contributed by atoms with Crippen LogP contribution in [0.3, 0.4) is 0 Å². The molecule has 1 aliphatic heterocycles. The lowest BCUT2D eigenvalue weighted by molar-refractivity contribution is -0.0770. The van der Waals surface area contributed by atoms with Crippen LogP contribution in [0.15, 0.2) is 4.52 Å². The van der Waals surface area contributed by atoms with E-state index in [-0.39, 0.29) is 5.41 Å². The minimum Gasteiger partial charge on any atom is -0.392 e.